The SMILES string of the molecule is CCCN(CCC)C(=O)c1cc(C(=O)NCCC(C)C)ccn1. The number of pyridine rings is 1. The van der Waals surface area contributed by atoms with Gasteiger partial charge < -0.3 is 10.2 Å². The van der Waals surface area contributed by atoms with Crippen LogP contribution in [0.15, 0.2) is 18.3 Å². The van der Waals surface area contributed by atoms with Gasteiger partial charge in [0, 0.05) is 31.4 Å². The summed E-state index contributed by atoms with van der Waals surface area (Å²) in [5.41, 5.74) is 0.823. The molecule has 0 fully saturated rings. The Balaban J connectivity index is 2.78. The van der Waals surface area contributed by atoms with Crippen molar-refractivity contribution in [3.8, 4) is 0 Å². The van der Waals surface area contributed by atoms with Crippen molar-refractivity contribution in [3.63, 3.8) is 0 Å². The van der Waals surface area contributed by atoms with Crippen molar-refractivity contribution < 1.29 is 9.59 Å². The number of carbonyl (C=O) groups excluding carboxylic acids is 2. The van der Waals surface area contributed by atoms with E-state index in [1.165, 1.54) is 6.20 Å². The van der Waals surface area contributed by atoms with Gasteiger partial charge in [-0.2, -0.15) is 0 Å². The highest BCUT2D eigenvalue weighted by Crippen LogP contribution is 2.08. The van der Waals surface area contributed by atoms with Gasteiger partial charge in [0.2, 0.25) is 0 Å². The monoisotopic (exact) mass is 319 g/mol. The predicted molar refractivity (Wildman–Crippen MR) is 92.5 cm³/mol. The highest BCUT2D eigenvalue weighted by atomic mass is 16.2. The van der Waals surface area contributed by atoms with Gasteiger partial charge in [0.05, 0.1) is 0 Å². The molecule has 1 heterocycles. The van der Waals surface area contributed by atoms with Crippen LogP contribution in [0.1, 0.15) is 67.8 Å². The van der Waals surface area contributed by atoms with Gasteiger partial charge in [-0.25, -0.2) is 0 Å². The first kappa shape index (κ1) is 19.1. The molecular weight excluding hydrogens is 290 g/mol. The highest BCUT2D eigenvalue weighted by Gasteiger charge is 2.17. The van der Waals surface area contributed by atoms with Gasteiger partial charge in [-0.15, -0.1) is 0 Å². The second-order valence-corrected chi connectivity index (χ2v) is 6.16. The lowest BCUT2D eigenvalue weighted by Crippen LogP contribution is -2.33. The zero-order valence-electron chi connectivity index (χ0n) is 14.8. The fourth-order valence-electron chi connectivity index (χ4n) is 2.28. The van der Waals surface area contributed by atoms with E-state index >= 15 is 0 Å². The third kappa shape index (κ3) is 6.38. The van der Waals surface area contributed by atoms with Crippen molar-refractivity contribution in [1.82, 2.24) is 15.2 Å². The third-order valence-electron chi connectivity index (χ3n) is 3.52. The Morgan fingerprint density at radius 3 is 2.43 bits per heavy atom. The maximum Gasteiger partial charge on any atom is 0.272 e. The zero-order valence-corrected chi connectivity index (χ0v) is 14.8. The molecule has 0 unspecified atom stereocenters. The van der Waals surface area contributed by atoms with Gasteiger partial charge in [-0.3, -0.25) is 14.6 Å². The van der Waals surface area contributed by atoms with Gasteiger partial charge in [-0.05, 0) is 37.3 Å². The number of hydrogen-bond acceptors (Lipinski definition) is 3. The largest absolute Gasteiger partial charge is 0.352 e. The van der Waals surface area contributed by atoms with Gasteiger partial charge in [0.1, 0.15) is 5.69 Å². The van der Waals surface area contributed by atoms with E-state index in [4.69, 9.17) is 0 Å². The lowest BCUT2D eigenvalue weighted by atomic mass is 10.1. The highest BCUT2D eigenvalue weighted by molar-refractivity contribution is 5.98. The maximum atomic E-state index is 12.5. The summed E-state index contributed by atoms with van der Waals surface area (Å²) in [5, 5.41) is 2.88. The van der Waals surface area contributed by atoms with Crippen molar-refractivity contribution in [3.05, 3.63) is 29.6 Å². The van der Waals surface area contributed by atoms with Crippen LogP contribution < -0.4 is 5.32 Å². The van der Waals surface area contributed by atoms with E-state index in [-0.39, 0.29) is 11.8 Å². The Labute approximate surface area is 139 Å². The van der Waals surface area contributed by atoms with E-state index in [1.54, 1.807) is 17.0 Å². The fourth-order valence-corrected chi connectivity index (χ4v) is 2.28. The number of rotatable bonds is 9. The molecule has 0 spiro atoms. The molecular formula is C18H29N3O2. The summed E-state index contributed by atoms with van der Waals surface area (Å²) in [6.45, 7) is 10.4. The van der Waals surface area contributed by atoms with E-state index < -0.39 is 0 Å². The summed E-state index contributed by atoms with van der Waals surface area (Å²) in [4.78, 5) is 30.6. The molecule has 1 aromatic rings. The second kappa shape index (κ2) is 9.98. The Morgan fingerprint density at radius 2 is 1.87 bits per heavy atom. The minimum atomic E-state index is -0.153. The van der Waals surface area contributed by atoms with Crippen LogP contribution in [0.2, 0.25) is 0 Å². The van der Waals surface area contributed by atoms with Gasteiger partial charge in [0.15, 0.2) is 0 Å². The van der Waals surface area contributed by atoms with Crippen LogP contribution in [0.5, 0.6) is 0 Å². The summed E-state index contributed by atoms with van der Waals surface area (Å²) in [6, 6.07) is 3.23. The molecule has 0 bridgehead atoms. The van der Waals surface area contributed by atoms with Crippen molar-refractivity contribution >= 4 is 11.8 Å². The van der Waals surface area contributed by atoms with E-state index in [1.807, 2.05) is 13.8 Å². The molecule has 0 aliphatic carbocycles. The summed E-state index contributed by atoms with van der Waals surface area (Å²) in [6.07, 6.45) is 4.27. The average molecular weight is 319 g/mol. The molecule has 128 valence electrons. The average Bonchev–Trinajstić information content (AvgIpc) is 2.53. The van der Waals surface area contributed by atoms with Crippen LogP contribution in [0.4, 0.5) is 0 Å². The smallest absolute Gasteiger partial charge is 0.272 e. The zero-order chi connectivity index (χ0) is 17.2. The fraction of sp³-hybridized carbons (Fsp3) is 0.611. The van der Waals surface area contributed by atoms with Crippen molar-refractivity contribution in [2.45, 2.75) is 47.0 Å². The molecule has 0 radical (unpaired) electrons. The quantitative estimate of drug-likeness (QED) is 0.760. The minimum Gasteiger partial charge on any atom is -0.352 e. The molecule has 0 atom stereocenters. The Kier molecular flexibility index (Phi) is 8.30. The molecule has 0 saturated heterocycles. The second-order valence-electron chi connectivity index (χ2n) is 6.16. The number of nitrogens with zero attached hydrogens (tertiary/aromatic N) is 2. The first-order chi connectivity index (χ1) is 11.0. The van der Waals surface area contributed by atoms with E-state index in [0.717, 1.165) is 19.3 Å². The van der Waals surface area contributed by atoms with E-state index in [0.29, 0.717) is 36.8 Å². The number of hydrogen-bond donors (Lipinski definition) is 1. The topological polar surface area (TPSA) is 62.3 Å². The normalized spacial score (nSPS) is 10.7. The first-order valence-corrected chi connectivity index (χ1v) is 8.53. The van der Waals surface area contributed by atoms with Crippen molar-refractivity contribution in [1.29, 1.82) is 0 Å². The van der Waals surface area contributed by atoms with Gasteiger partial charge >= 0.3 is 0 Å². The standard InChI is InChI=1S/C18H29N3O2/c1-5-11-21(12-6-2)18(23)16-13-15(8-10-19-16)17(22)20-9-7-14(3)4/h8,10,13-14H,5-7,9,11-12H2,1-4H3,(H,20,22). The van der Waals surface area contributed by atoms with Crippen LogP contribution in [-0.4, -0.2) is 41.3 Å². The third-order valence-corrected chi connectivity index (χ3v) is 3.52. The molecule has 0 aliphatic heterocycles. The van der Waals surface area contributed by atoms with Crippen LogP contribution >= 0.6 is 0 Å². The Bertz CT molecular complexity index is 509. The lowest BCUT2D eigenvalue weighted by Gasteiger charge is -2.21. The number of aromatic nitrogens is 1. The molecule has 5 heteroatoms. The summed E-state index contributed by atoms with van der Waals surface area (Å²) in [5.74, 6) is 0.284. The van der Waals surface area contributed by atoms with Crippen LogP contribution in [0.25, 0.3) is 0 Å². The Morgan fingerprint density at radius 1 is 1.22 bits per heavy atom. The van der Waals surface area contributed by atoms with Gasteiger partial charge in [-0.1, -0.05) is 27.7 Å². The first-order valence-electron chi connectivity index (χ1n) is 8.53. The van der Waals surface area contributed by atoms with Crippen LogP contribution in [-0.2, 0) is 0 Å². The molecule has 0 saturated carbocycles. The molecule has 0 aromatic carbocycles. The van der Waals surface area contributed by atoms with Crippen LogP contribution in [0, 0.1) is 5.92 Å². The molecule has 1 N–H and O–H groups in total. The summed E-state index contributed by atoms with van der Waals surface area (Å²) < 4.78 is 0. The minimum absolute atomic E-state index is 0.106. The summed E-state index contributed by atoms with van der Waals surface area (Å²) in [7, 11) is 0. The van der Waals surface area contributed by atoms with Crippen molar-refractivity contribution in [2.75, 3.05) is 19.6 Å². The maximum absolute atomic E-state index is 12.5. The molecule has 2 amide bonds. The molecule has 0 aliphatic rings. The lowest BCUT2D eigenvalue weighted by molar-refractivity contribution is 0.0749. The predicted octanol–water partition coefficient (Wildman–Crippen LogP) is 3.12. The summed E-state index contributed by atoms with van der Waals surface area (Å²) >= 11 is 0. The van der Waals surface area contributed by atoms with E-state index in [9.17, 15) is 9.59 Å². The Hall–Kier alpha value is -1.91. The molecule has 1 rings (SSSR count). The van der Waals surface area contributed by atoms with Crippen molar-refractivity contribution in [2.24, 2.45) is 5.92 Å². The molecule has 1 aromatic heterocycles. The van der Waals surface area contributed by atoms with Crippen LogP contribution in [0.3, 0.4) is 0 Å². The van der Waals surface area contributed by atoms with Gasteiger partial charge in [0.25, 0.3) is 11.8 Å². The molecule has 23 heavy (non-hydrogen) atoms. The van der Waals surface area contributed by atoms with E-state index in [2.05, 4.69) is 24.1 Å². The number of amides is 2. The molecule has 5 nitrogen and oxygen atoms in total. The number of carbonyl (C=O) groups is 2. The number of nitrogens with one attached hydrogen (secondary N) is 1.